The van der Waals surface area contributed by atoms with Crippen LogP contribution in [0.1, 0.15) is 32.5 Å². The summed E-state index contributed by atoms with van der Waals surface area (Å²) < 4.78 is 13.3. The third-order valence-corrected chi connectivity index (χ3v) is 3.84. The molecule has 2 heterocycles. The lowest BCUT2D eigenvalue weighted by atomic mass is 9.84. The minimum Gasteiger partial charge on any atom is -0.381 e. The second-order valence-corrected chi connectivity index (χ2v) is 4.91. The van der Waals surface area contributed by atoms with Gasteiger partial charge in [0.15, 0.2) is 0 Å². The summed E-state index contributed by atoms with van der Waals surface area (Å²) in [7, 11) is 0. The number of aromatic nitrogens is 3. The van der Waals surface area contributed by atoms with Gasteiger partial charge in [-0.1, -0.05) is 0 Å². The number of hydrogen-bond acceptors (Lipinski definition) is 5. The highest BCUT2D eigenvalue weighted by atomic mass is 16.5. The van der Waals surface area contributed by atoms with Gasteiger partial charge in [-0.05, 0) is 13.8 Å². The third kappa shape index (κ3) is 3.13. The highest BCUT2D eigenvalue weighted by Gasteiger charge is 2.39. The van der Waals surface area contributed by atoms with Crippen LogP contribution in [0.4, 0.5) is 0 Å². The molecule has 1 aromatic rings. The Hall–Kier alpha value is -0.980. The molecule has 1 fully saturated rings. The number of hydrogen-bond donors (Lipinski definition) is 1. The van der Waals surface area contributed by atoms with Gasteiger partial charge < -0.3 is 15.2 Å². The minimum absolute atomic E-state index is 0.0779. The van der Waals surface area contributed by atoms with E-state index in [-0.39, 0.29) is 11.6 Å². The molecular weight excluding hydrogens is 244 g/mol. The lowest BCUT2D eigenvalue weighted by molar-refractivity contribution is -0.120. The summed E-state index contributed by atoms with van der Waals surface area (Å²) in [6, 6.07) is -0.0779. The molecule has 0 amide bonds. The molecule has 0 aliphatic carbocycles. The van der Waals surface area contributed by atoms with E-state index in [0.29, 0.717) is 26.2 Å². The first-order valence-corrected chi connectivity index (χ1v) is 7.06. The highest BCUT2D eigenvalue weighted by molar-refractivity contribution is 5.00. The summed E-state index contributed by atoms with van der Waals surface area (Å²) in [5, 5.41) is 4.19. The molecule has 0 aromatic carbocycles. The highest BCUT2D eigenvalue weighted by Crippen LogP contribution is 2.29. The summed E-state index contributed by atoms with van der Waals surface area (Å²) in [5.41, 5.74) is 6.14. The molecule has 1 unspecified atom stereocenters. The fourth-order valence-electron chi connectivity index (χ4n) is 2.72. The van der Waals surface area contributed by atoms with Crippen molar-refractivity contribution in [2.45, 2.75) is 51.3 Å². The number of ether oxygens (including phenoxy) is 2. The standard InChI is InChI=1S/C13H24N4O2/c1-3-17-12(15-10-16-17)9-11(14)13(19-4-2)5-7-18-8-6-13/h10-11H,3-9,14H2,1-2H3. The van der Waals surface area contributed by atoms with Crippen LogP contribution in [0.15, 0.2) is 6.33 Å². The Bertz CT molecular complexity index is 382. The van der Waals surface area contributed by atoms with Crippen molar-refractivity contribution in [3.63, 3.8) is 0 Å². The minimum atomic E-state index is -0.280. The van der Waals surface area contributed by atoms with Gasteiger partial charge in [0.1, 0.15) is 12.2 Å². The summed E-state index contributed by atoms with van der Waals surface area (Å²) in [5.74, 6) is 0.931. The van der Waals surface area contributed by atoms with E-state index < -0.39 is 0 Å². The number of rotatable bonds is 6. The molecule has 0 radical (unpaired) electrons. The average Bonchev–Trinajstić information content (AvgIpc) is 2.87. The van der Waals surface area contributed by atoms with E-state index in [1.54, 1.807) is 6.33 Å². The number of nitrogens with zero attached hydrogens (tertiary/aromatic N) is 3. The smallest absolute Gasteiger partial charge is 0.138 e. The Kier molecular flexibility index (Phi) is 4.90. The third-order valence-electron chi connectivity index (χ3n) is 3.84. The SMILES string of the molecule is CCOC1(C(N)Cc2ncnn2CC)CCOCC1. The van der Waals surface area contributed by atoms with E-state index >= 15 is 0 Å². The molecule has 6 nitrogen and oxygen atoms in total. The van der Waals surface area contributed by atoms with Crippen molar-refractivity contribution in [2.24, 2.45) is 5.73 Å². The molecule has 1 saturated heterocycles. The molecule has 1 aliphatic rings. The van der Waals surface area contributed by atoms with Crippen LogP contribution in [0.25, 0.3) is 0 Å². The maximum Gasteiger partial charge on any atom is 0.138 e. The Labute approximate surface area is 114 Å². The lowest BCUT2D eigenvalue weighted by Crippen LogP contribution is -2.54. The predicted octanol–water partition coefficient (Wildman–Crippen LogP) is 0.754. The first-order chi connectivity index (χ1) is 9.22. The van der Waals surface area contributed by atoms with Crippen molar-refractivity contribution in [2.75, 3.05) is 19.8 Å². The molecule has 6 heteroatoms. The van der Waals surface area contributed by atoms with E-state index in [4.69, 9.17) is 15.2 Å². The van der Waals surface area contributed by atoms with Gasteiger partial charge in [-0.3, -0.25) is 4.68 Å². The van der Waals surface area contributed by atoms with Crippen LogP contribution in [0.5, 0.6) is 0 Å². The van der Waals surface area contributed by atoms with Crippen LogP contribution < -0.4 is 5.73 Å². The zero-order valence-electron chi connectivity index (χ0n) is 11.8. The Morgan fingerprint density at radius 2 is 2.21 bits per heavy atom. The van der Waals surface area contributed by atoms with Crippen LogP contribution in [0.3, 0.4) is 0 Å². The molecule has 1 aromatic heterocycles. The van der Waals surface area contributed by atoms with Gasteiger partial charge in [0.25, 0.3) is 0 Å². The number of nitrogens with two attached hydrogens (primary N) is 1. The molecule has 2 N–H and O–H groups in total. The number of aryl methyl sites for hydroxylation is 1. The van der Waals surface area contributed by atoms with Crippen molar-refractivity contribution < 1.29 is 9.47 Å². The second kappa shape index (κ2) is 6.45. The van der Waals surface area contributed by atoms with Crippen LogP contribution in [-0.4, -0.2) is 46.2 Å². The maximum atomic E-state index is 6.42. The van der Waals surface area contributed by atoms with Gasteiger partial charge in [-0.25, -0.2) is 4.98 Å². The van der Waals surface area contributed by atoms with E-state index in [0.717, 1.165) is 25.2 Å². The Balaban J connectivity index is 2.09. The quantitative estimate of drug-likeness (QED) is 0.824. The first-order valence-electron chi connectivity index (χ1n) is 7.06. The zero-order chi connectivity index (χ0) is 13.7. The van der Waals surface area contributed by atoms with E-state index in [1.165, 1.54) is 0 Å². The van der Waals surface area contributed by atoms with Gasteiger partial charge in [-0.15, -0.1) is 0 Å². The lowest BCUT2D eigenvalue weighted by Gasteiger charge is -2.41. The zero-order valence-corrected chi connectivity index (χ0v) is 11.8. The van der Waals surface area contributed by atoms with Crippen molar-refractivity contribution in [3.8, 4) is 0 Å². The Morgan fingerprint density at radius 1 is 1.47 bits per heavy atom. The average molecular weight is 268 g/mol. The molecule has 19 heavy (non-hydrogen) atoms. The molecule has 0 bridgehead atoms. The molecule has 108 valence electrons. The summed E-state index contributed by atoms with van der Waals surface area (Å²) >= 11 is 0. The van der Waals surface area contributed by atoms with E-state index in [9.17, 15) is 0 Å². The monoisotopic (exact) mass is 268 g/mol. The molecule has 0 saturated carbocycles. The Morgan fingerprint density at radius 3 is 2.84 bits per heavy atom. The van der Waals surface area contributed by atoms with Crippen LogP contribution in [-0.2, 0) is 22.4 Å². The largest absolute Gasteiger partial charge is 0.381 e. The van der Waals surface area contributed by atoms with Gasteiger partial charge in [-0.2, -0.15) is 5.10 Å². The van der Waals surface area contributed by atoms with Crippen LogP contribution in [0, 0.1) is 0 Å². The fraction of sp³-hybridized carbons (Fsp3) is 0.846. The van der Waals surface area contributed by atoms with Gasteiger partial charge in [0.05, 0.1) is 5.60 Å². The van der Waals surface area contributed by atoms with E-state index in [1.807, 2.05) is 11.6 Å². The molecule has 1 atom stereocenters. The fourth-order valence-corrected chi connectivity index (χ4v) is 2.72. The molecular formula is C13H24N4O2. The second-order valence-electron chi connectivity index (χ2n) is 4.91. The first kappa shape index (κ1) is 14.4. The van der Waals surface area contributed by atoms with Gasteiger partial charge in [0.2, 0.25) is 0 Å². The van der Waals surface area contributed by atoms with Gasteiger partial charge in [0, 0.05) is 51.7 Å². The van der Waals surface area contributed by atoms with Crippen molar-refractivity contribution in [3.05, 3.63) is 12.2 Å². The van der Waals surface area contributed by atoms with Gasteiger partial charge >= 0.3 is 0 Å². The molecule has 0 spiro atoms. The normalized spacial score (nSPS) is 20.4. The van der Waals surface area contributed by atoms with Crippen LogP contribution in [0.2, 0.25) is 0 Å². The summed E-state index contributed by atoms with van der Waals surface area (Å²) in [6.45, 7) is 6.98. The van der Waals surface area contributed by atoms with Crippen molar-refractivity contribution in [1.82, 2.24) is 14.8 Å². The van der Waals surface area contributed by atoms with Crippen molar-refractivity contribution in [1.29, 1.82) is 0 Å². The summed E-state index contributed by atoms with van der Waals surface area (Å²) in [6.07, 6.45) is 3.97. The van der Waals surface area contributed by atoms with E-state index in [2.05, 4.69) is 17.0 Å². The van der Waals surface area contributed by atoms with Crippen LogP contribution >= 0.6 is 0 Å². The molecule has 1 aliphatic heterocycles. The van der Waals surface area contributed by atoms with Crippen molar-refractivity contribution >= 4 is 0 Å². The topological polar surface area (TPSA) is 75.2 Å². The maximum absolute atomic E-state index is 6.42. The molecule has 2 rings (SSSR count). The summed E-state index contributed by atoms with van der Waals surface area (Å²) in [4.78, 5) is 4.30. The predicted molar refractivity (Wildman–Crippen MR) is 71.8 cm³/mol.